The molecule has 3 heteroatoms. The molecule has 0 saturated heterocycles. The largest absolute Gasteiger partial charge is 0.306 e. The molecule has 1 atom stereocenters. The van der Waals surface area contributed by atoms with Crippen molar-refractivity contribution in [1.82, 2.24) is 5.32 Å². The molecule has 0 fully saturated rings. The minimum atomic E-state index is 0.196. The Labute approximate surface area is 146 Å². The Hall–Kier alpha value is -0.580. The number of halogens is 2. The molecule has 112 valence electrons. The number of aryl methyl sites for hydroxylation is 1. The molecule has 1 nitrogen and oxygen atoms in total. The van der Waals surface area contributed by atoms with Gasteiger partial charge in [0.25, 0.3) is 0 Å². The highest BCUT2D eigenvalue weighted by molar-refractivity contribution is 14.1. The summed E-state index contributed by atoms with van der Waals surface area (Å²) < 4.78 is 1.24. The van der Waals surface area contributed by atoms with Crippen molar-refractivity contribution in [2.75, 3.05) is 6.54 Å². The van der Waals surface area contributed by atoms with E-state index in [1.165, 1.54) is 20.3 Å². The third-order valence-corrected chi connectivity index (χ3v) is 4.78. The van der Waals surface area contributed by atoms with E-state index in [0.29, 0.717) is 0 Å². The Morgan fingerprint density at radius 3 is 2.67 bits per heavy atom. The molecule has 21 heavy (non-hydrogen) atoms. The predicted octanol–water partition coefficient (Wildman–Crippen LogP) is 5.60. The summed E-state index contributed by atoms with van der Waals surface area (Å²) in [7, 11) is 0. The number of nitrogens with one attached hydrogen (secondary N) is 1. The second-order valence-corrected chi connectivity index (χ2v) is 6.75. The Kier molecular flexibility index (Phi) is 6.52. The van der Waals surface area contributed by atoms with E-state index in [1.54, 1.807) is 0 Å². The van der Waals surface area contributed by atoms with Gasteiger partial charge in [-0.05, 0) is 76.9 Å². The monoisotopic (exact) mass is 413 g/mol. The molecule has 0 aromatic heterocycles. The topological polar surface area (TPSA) is 12.0 Å². The van der Waals surface area contributed by atoms with E-state index in [1.807, 2.05) is 6.07 Å². The van der Waals surface area contributed by atoms with Crippen LogP contribution < -0.4 is 5.32 Å². The molecule has 0 saturated carbocycles. The fraction of sp³-hybridized carbons (Fsp3) is 0.333. The average molecular weight is 414 g/mol. The SMILES string of the molecule is CCCNC(c1cccc(CC)c1)c1cc(Cl)ccc1I. The first kappa shape index (κ1) is 16.8. The van der Waals surface area contributed by atoms with Crippen LogP contribution in [0.4, 0.5) is 0 Å². The maximum Gasteiger partial charge on any atom is 0.0587 e. The first-order valence-electron chi connectivity index (χ1n) is 7.42. The van der Waals surface area contributed by atoms with E-state index in [0.717, 1.165) is 24.4 Å². The summed E-state index contributed by atoms with van der Waals surface area (Å²) in [4.78, 5) is 0. The van der Waals surface area contributed by atoms with Gasteiger partial charge in [0.2, 0.25) is 0 Å². The van der Waals surface area contributed by atoms with Crippen molar-refractivity contribution in [2.24, 2.45) is 0 Å². The summed E-state index contributed by atoms with van der Waals surface area (Å²) in [5.41, 5.74) is 3.93. The van der Waals surface area contributed by atoms with Gasteiger partial charge in [0.15, 0.2) is 0 Å². The van der Waals surface area contributed by atoms with Crippen molar-refractivity contribution in [3.05, 3.63) is 67.7 Å². The highest BCUT2D eigenvalue weighted by Crippen LogP contribution is 2.29. The summed E-state index contributed by atoms with van der Waals surface area (Å²) in [6, 6.07) is 15.1. The predicted molar refractivity (Wildman–Crippen MR) is 100 cm³/mol. The van der Waals surface area contributed by atoms with Crippen LogP contribution in [0, 0.1) is 3.57 Å². The van der Waals surface area contributed by atoms with Crippen LogP contribution in [0.1, 0.15) is 43.0 Å². The molecule has 0 heterocycles. The lowest BCUT2D eigenvalue weighted by molar-refractivity contribution is 0.596. The first-order valence-corrected chi connectivity index (χ1v) is 8.88. The molecular weight excluding hydrogens is 393 g/mol. The molecule has 2 aromatic rings. The molecule has 0 aliphatic carbocycles. The standard InChI is InChI=1S/C18H21ClIN/c1-3-10-21-18(14-7-5-6-13(4-2)11-14)16-12-15(19)8-9-17(16)20/h5-9,11-12,18,21H,3-4,10H2,1-2H3. The summed E-state index contributed by atoms with van der Waals surface area (Å²) >= 11 is 8.60. The van der Waals surface area contributed by atoms with Crippen LogP contribution in [-0.2, 0) is 6.42 Å². The van der Waals surface area contributed by atoms with Crippen molar-refractivity contribution in [3.63, 3.8) is 0 Å². The molecule has 0 aliphatic rings. The van der Waals surface area contributed by atoms with E-state index < -0.39 is 0 Å². The fourth-order valence-electron chi connectivity index (χ4n) is 2.42. The molecule has 0 spiro atoms. The van der Waals surface area contributed by atoms with Gasteiger partial charge in [-0.15, -0.1) is 0 Å². The van der Waals surface area contributed by atoms with Crippen LogP contribution in [0.3, 0.4) is 0 Å². The summed E-state index contributed by atoms with van der Waals surface area (Å²) in [6.07, 6.45) is 2.17. The van der Waals surface area contributed by atoms with Gasteiger partial charge in [0.05, 0.1) is 6.04 Å². The highest BCUT2D eigenvalue weighted by atomic mass is 127. The molecule has 1 N–H and O–H groups in total. The van der Waals surface area contributed by atoms with Crippen molar-refractivity contribution in [2.45, 2.75) is 32.7 Å². The Morgan fingerprint density at radius 2 is 1.95 bits per heavy atom. The summed E-state index contributed by atoms with van der Waals surface area (Å²) in [5, 5.41) is 4.45. The van der Waals surface area contributed by atoms with Gasteiger partial charge in [0, 0.05) is 8.59 Å². The van der Waals surface area contributed by atoms with Crippen molar-refractivity contribution >= 4 is 34.2 Å². The lowest BCUT2D eigenvalue weighted by Gasteiger charge is -2.22. The molecule has 0 aliphatic heterocycles. The van der Waals surface area contributed by atoms with Crippen LogP contribution in [0.2, 0.25) is 5.02 Å². The second-order valence-electron chi connectivity index (χ2n) is 5.15. The van der Waals surface area contributed by atoms with Gasteiger partial charge in [-0.3, -0.25) is 0 Å². The smallest absolute Gasteiger partial charge is 0.0587 e. The normalized spacial score (nSPS) is 12.4. The Morgan fingerprint density at radius 1 is 1.14 bits per heavy atom. The zero-order chi connectivity index (χ0) is 15.2. The molecule has 0 bridgehead atoms. The number of benzene rings is 2. The van der Waals surface area contributed by atoms with Crippen LogP contribution in [0.5, 0.6) is 0 Å². The fourth-order valence-corrected chi connectivity index (χ4v) is 3.25. The van der Waals surface area contributed by atoms with E-state index in [4.69, 9.17) is 11.6 Å². The van der Waals surface area contributed by atoms with Crippen LogP contribution in [0.25, 0.3) is 0 Å². The van der Waals surface area contributed by atoms with Gasteiger partial charge in [-0.1, -0.05) is 49.7 Å². The number of hydrogen-bond acceptors (Lipinski definition) is 1. The molecule has 0 radical (unpaired) electrons. The van der Waals surface area contributed by atoms with Crippen LogP contribution >= 0.6 is 34.2 Å². The van der Waals surface area contributed by atoms with E-state index in [-0.39, 0.29) is 6.04 Å². The summed E-state index contributed by atoms with van der Waals surface area (Å²) in [5.74, 6) is 0. The third-order valence-electron chi connectivity index (χ3n) is 3.56. The molecule has 2 rings (SSSR count). The molecule has 2 aromatic carbocycles. The first-order chi connectivity index (χ1) is 10.2. The quantitative estimate of drug-likeness (QED) is 0.608. The number of hydrogen-bond donors (Lipinski definition) is 1. The van der Waals surface area contributed by atoms with E-state index in [2.05, 4.69) is 78.2 Å². The van der Waals surface area contributed by atoms with E-state index in [9.17, 15) is 0 Å². The zero-order valence-electron chi connectivity index (χ0n) is 12.5. The van der Waals surface area contributed by atoms with Gasteiger partial charge in [0.1, 0.15) is 0 Å². The van der Waals surface area contributed by atoms with Crippen LogP contribution in [0.15, 0.2) is 42.5 Å². The number of rotatable bonds is 6. The van der Waals surface area contributed by atoms with Gasteiger partial charge in [-0.25, -0.2) is 0 Å². The molecular formula is C18H21ClIN. The lowest BCUT2D eigenvalue weighted by Crippen LogP contribution is -2.24. The summed E-state index contributed by atoms with van der Waals surface area (Å²) in [6.45, 7) is 5.37. The lowest BCUT2D eigenvalue weighted by atomic mass is 9.96. The van der Waals surface area contributed by atoms with Gasteiger partial charge in [-0.2, -0.15) is 0 Å². The van der Waals surface area contributed by atoms with Gasteiger partial charge >= 0.3 is 0 Å². The maximum atomic E-state index is 6.21. The minimum Gasteiger partial charge on any atom is -0.306 e. The minimum absolute atomic E-state index is 0.196. The third kappa shape index (κ3) is 4.44. The second kappa shape index (κ2) is 8.16. The van der Waals surface area contributed by atoms with Crippen molar-refractivity contribution in [3.8, 4) is 0 Å². The van der Waals surface area contributed by atoms with Crippen LogP contribution in [-0.4, -0.2) is 6.54 Å². The van der Waals surface area contributed by atoms with Gasteiger partial charge < -0.3 is 5.32 Å². The average Bonchev–Trinajstić information content (AvgIpc) is 2.51. The molecule has 0 amide bonds. The highest BCUT2D eigenvalue weighted by Gasteiger charge is 2.16. The Bertz CT molecular complexity index is 598. The van der Waals surface area contributed by atoms with Crippen molar-refractivity contribution < 1.29 is 0 Å². The maximum absolute atomic E-state index is 6.21. The van der Waals surface area contributed by atoms with E-state index >= 15 is 0 Å². The Balaban J connectivity index is 2.44. The zero-order valence-corrected chi connectivity index (χ0v) is 15.4. The van der Waals surface area contributed by atoms with Crippen molar-refractivity contribution in [1.29, 1.82) is 0 Å². The molecule has 1 unspecified atom stereocenters.